The van der Waals surface area contributed by atoms with Crippen molar-refractivity contribution in [2.24, 2.45) is 0 Å². The summed E-state index contributed by atoms with van der Waals surface area (Å²) in [6.07, 6.45) is 1.85. The topological polar surface area (TPSA) is 41.9 Å². The number of nitrogens with zero attached hydrogens (tertiary/aromatic N) is 4. The van der Waals surface area contributed by atoms with Crippen LogP contribution in [0.25, 0.3) is 0 Å². The predicted molar refractivity (Wildman–Crippen MR) is 86.7 cm³/mol. The fraction of sp³-hybridized carbons (Fsp3) is 0.438. The van der Waals surface area contributed by atoms with Crippen LogP contribution in [0.5, 0.6) is 0 Å². The molecule has 0 amide bonds. The highest BCUT2D eigenvalue weighted by Gasteiger charge is 2.11. The number of aryl methyl sites for hydroxylation is 2. The van der Waals surface area contributed by atoms with Crippen LogP contribution in [-0.4, -0.2) is 21.5 Å². The van der Waals surface area contributed by atoms with Crippen molar-refractivity contribution in [1.29, 1.82) is 0 Å². The van der Waals surface area contributed by atoms with Gasteiger partial charge in [0.05, 0.1) is 12.2 Å². The fourth-order valence-corrected chi connectivity index (χ4v) is 2.38. The van der Waals surface area contributed by atoms with Crippen LogP contribution < -0.4 is 4.90 Å². The first-order valence-electron chi connectivity index (χ1n) is 7.33. The quantitative estimate of drug-likeness (QED) is 0.761. The Kier molecular flexibility index (Phi) is 5.51. The minimum atomic E-state index is 0.499. The summed E-state index contributed by atoms with van der Waals surface area (Å²) in [5.74, 6) is 1.67. The van der Waals surface area contributed by atoms with Gasteiger partial charge in [-0.05, 0) is 32.4 Å². The summed E-state index contributed by atoms with van der Waals surface area (Å²) in [5.41, 5.74) is 2.06. The third-order valence-corrected chi connectivity index (χ3v) is 3.40. The summed E-state index contributed by atoms with van der Waals surface area (Å²) >= 11 is 6.12. The molecule has 2 rings (SSSR count). The first-order valence-corrected chi connectivity index (χ1v) is 7.71. The van der Waals surface area contributed by atoms with Gasteiger partial charge in [0.15, 0.2) is 0 Å². The first-order chi connectivity index (χ1) is 10.1. The molecule has 0 unspecified atom stereocenters. The van der Waals surface area contributed by atoms with E-state index in [-0.39, 0.29) is 0 Å². The number of aromatic nitrogens is 3. The maximum Gasteiger partial charge on any atom is 0.134 e. The molecule has 2 aromatic rings. The zero-order chi connectivity index (χ0) is 15.2. The Morgan fingerprint density at radius 2 is 1.95 bits per heavy atom. The van der Waals surface area contributed by atoms with Crippen molar-refractivity contribution in [2.75, 3.05) is 11.4 Å². The highest BCUT2D eigenvalue weighted by molar-refractivity contribution is 6.29. The van der Waals surface area contributed by atoms with E-state index in [1.165, 1.54) is 0 Å². The van der Waals surface area contributed by atoms with Crippen molar-refractivity contribution >= 4 is 17.4 Å². The Morgan fingerprint density at radius 1 is 1.14 bits per heavy atom. The summed E-state index contributed by atoms with van der Waals surface area (Å²) in [7, 11) is 0. The zero-order valence-electron chi connectivity index (χ0n) is 12.8. The lowest BCUT2D eigenvalue weighted by molar-refractivity contribution is 0.766. The molecule has 2 heterocycles. The molecule has 0 aromatic carbocycles. The van der Waals surface area contributed by atoms with E-state index in [1.54, 1.807) is 0 Å². The summed E-state index contributed by atoms with van der Waals surface area (Å²) in [4.78, 5) is 15.6. The minimum absolute atomic E-state index is 0.499. The number of hydrogen-bond acceptors (Lipinski definition) is 4. The van der Waals surface area contributed by atoms with Gasteiger partial charge in [-0.25, -0.2) is 9.97 Å². The van der Waals surface area contributed by atoms with Crippen LogP contribution in [0.1, 0.15) is 37.5 Å². The van der Waals surface area contributed by atoms with Crippen molar-refractivity contribution in [3.05, 3.63) is 46.6 Å². The molecule has 0 N–H and O–H groups in total. The lowest BCUT2D eigenvalue weighted by Gasteiger charge is -2.22. The molecule has 21 heavy (non-hydrogen) atoms. The van der Waals surface area contributed by atoms with Crippen LogP contribution in [0, 0.1) is 6.92 Å². The molecule has 5 heteroatoms. The normalized spacial score (nSPS) is 10.7. The molecule has 0 saturated heterocycles. The number of rotatable bonds is 6. The SMILES string of the molecule is CCCc1nc(Cl)cc(N(CC)Cc2cccc(C)n2)n1. The zero-order valence-corrected chi connectivity index (χ0v) is 13.6. The van der Waals surface area contributed by atoms with Crippen LogP contribution in [0.4, 0.5) is 5.82 Å². The maximum absolute atomic E-state index is 6.12. The molecule has 2 aromatic heterocycles. The van der Waals surface area contributed by atoms with E-state index in [0.29, 0.717) is 5.15 Å². The molecule has 0 aliphatic carbocycles. The van der Waals surface area contributed by atoms with Gasteiger partial charge in [0.2, 0.25) is 0 Å². The number of hydrogen-bond donors (Lipinski definition) is 0. The van der Waals surface area contributed by atoms with Gasteiger partial charge in [-0.3, -0.25) is 4.98 Å². The monoisotopic (exact) mass is 304 g/mol. The Labute approximate surface area is 131 Å². The fourth-order valence-electron chi connectivity index (χ4n) is 2.19. The Bertz CT molecular complexity index is 601. The number of pyridine rings is 1. The summed E-state index contributed by atoms with van der Waals surface area (Å²) in [6.45, 7) is 7.77. The molecule has 0 saturated carbocycles. The molecular weight excluding hydrogens is 284 g/mol. The van der Waals surface area contributed by atoms with Crippen molar-refractivity contribution in [3.63, 3.8) is 0 Å². The van der Waals surface area contributed by atoms with Crippen LogP contribution in [0.3, 0.4) is 0 Å². The molecule has 0 spiro atoms. The van der Waals surface area contributed by atoms with E-state index < -0.39 is 0 Å². The van der Waals surface area contributed by atoms with E-state index in [1.807, 2.05) is 31.2 Å². The summed E-state index contributed by atoms with van der Waals surface area (Å²) < 4.78 is 0. The molecule has 112 valence electrons. The van der Waals surface area contributed by atoms with Gasteiger partial charge in [-0.15, -0.1) is 0 Å². The minimum Gasteiger partial charge on any atom is -0.351 e. The standard InChI is InChI=1S/C16H21ClN4/c1-4-7-15-19-14(17)10-16(20-15)21(5-2)11-13-9-6-8-12(3)18-13/h6,8-10H,4-5,7,11H2,1-3H3. The predicted octanol–water partition coefficient (Wildman–Crippen LogP) is 3.81. The van der Waals surface area contributed by atoms with Gasteiger partial charge in [-0.1, -0.05) is 24.6 Å². The second-order valence-corrected chi connectivity index (χ2v) is 5.39. The smallest absolute Gasteiger partial charge is 0.134 e. The van der Waals surface area contributed by atoms with E-state index in [4.69, 9.17) is 11.6 Å². The van der Waals surface area contributed by atoms with Crippen molar-refractivity contribution in [2.45, 2.75) is 40.2 Å². The molecule has 0 fully saturated rings. The van der Waals surface area contributed by atoms with Crippen LogP contribution in [0.2, 0.25) is 5.15 Å². The van der Waals surface area contributed by atoms with Gasteiger partial charge in [0.25, 0.3) is 0 Å². The molecule has 0 aliphatic heterocycles. The molecular formula is C16H21ClN4. The lowest BCUT2D eigenvalue weighted by Crippen LogP contribution is -2.24. The van der Waals surface area contributed by atoms with Gasteiger partial charge < -0.3 is 4.90 Å². The Morgan fingerprint density at radius 3 is 2.62 bits per heavy atom. The van der Waals surface area contributed by atoms with Gasteiger partial charge >= 0.3 is 0 Å². The highest BCUT2D eigenvalue weighted by atomic mass is 35.5. The van der Waals surface area contributed by atoms with E-state index >= 15 is 0 Å². The maximum atomic E-state index is 6.12. The van der Waals surface area contributed by atoms with Gasteiger partial charge in [0, 0.05) is 24.7 Å². The van der Waals surface area contributed by atoms with Crippen LogP contribution in [-0.2, 0) is 13.0 Å². The van der Waals surface area contributed by atoms with Crippen molar-refractivity contribution in [1.82, 2.24) is 15.0 Å². The average molecular weight is 305 g/mol. The first kappa shape index (κ1) is 15.7. The molecule has 4 nitrogen and oxygen atoms in total. The van der Waals surface area contributed by atoms with E-state index in [2.05, 4.69) is 33.7 Å². The molecule has 0 aliphatic rings. The highest BCUT2D eigenvalue weighted by Crippen LogP contribution is 2.18. The Balaban J connectivity index is 2.24. The van der Waals surface area contributed by atoms with Gasteiger partial charge in [0.1, 0.15) is 16.8 Å². The summed E-state index contributed by atoms with van der Waals surface area (Å²) in [6, 6.07) is 7.88. The Hall–Kier alpha value is -1.68. The molecule has 0 radical (unpaired) electrons. The van der Waals surface area contributed by atoms with Gasteiger partial charge in [-0.2, -0.15) is 0 Å². The summed E-state index contributed by atoms with van der Waals surface area (Å²) in [5, 5.41) is 0.499. The van der Waals surface area contributed by atoms with Crippen LogP contribution in [0.15, 0.2) is 24.3 Å². The molecule has 0 atom stereocenters. The third kappa shape index (κ3) is 4.39. The van der Waals surface area contributed by atoms with E-state index in [0.717, 1.165) is 49.0 Å². The van der Waals surface area contributed by atoms with Crippen LogP contribution >= 0.6 is 11.6 Å². The second kappa shape index (κ2) is 7.36. The average Bonchev–Trinajstić information content (AvgIpc) is 2.44. The van der Waals surface area contributed by atoms with Crippen molar-refractivity contribution in [3.8, 4) is 0 Å². The lowest BCUT2D eigenvalue weighted by atomic mass is 10.3. The number of anilines is 1. The van der Waals surface area contributed by atoms with E-state index in [9.17, 15) is 0 Å². The van der Waals surface area contributed by atoms with Crippen molar-refractivity contribution < 1.29 is 0 Å². The third-order valence-electron chi connectivity index (χ3n) is 3.21. The largest absolute Gasteiger partial charge is 0.351 e. The second-order valence-electron chi connectivity index (χ2n) is 5.00. The molecule has 0 bridgehead atoms. The number of halogens is 1.